The quantitative estimate of drug-likeness (QED) is 0.293. The van der Waals surface area contributed by atoms with Crippen LogP contribution < -0.4 is 17.3 Å². The maximum absolute atomic E-state index is 13.0. The van der Waals surface area contributed by atoms with E-state index in [2.05, 4.69) is 6.92 Å². The normalized spacial score (nSPS) is 60.7. The van der Waals surface area contributed by atoms with E-state index in [0.717, 1.165) is 25.9 Å². The third kappa shape index (κ3) is 2.28. The lowest BCUT2D eigenvalue weighted by atomic mass is 9.41. The molecule has 13 atom stereocenters. The molecule has 8 nitrogen and oxygen atoms in total. The monoisotopic (exact) mass is 503 g/mol. The topological polar surface area (TPSA) is 102 Å². The molecule has 4 N–H and O–H groups in total. The number of likely N-dealkylation sites (tertiary alicyclic amines) is 1. The van der Waals surface area contributed by atoms with Crippen LogP contribution in [0.25, 0.3) is 0 Å². The Morgan fingerprint density at radius 3 is 2.38 bits per heavy atom. The van der Waals surface area contributed by atoms with Gasteiger partial charge in [0.1, 0.15) is 17.2 Å². The SMILES string of the molecule is CC[NH+]1CC2(COC)CCC(O)C34[C@@H]2[C@H](OC)C(O)([C@@H]13)C1(O)C[C@H](OC)[C@H]2C[C@@H]4C1(OC)C2.[Cl-]. The van der Waals surface area contributed by atoms with Gasteiger partial charge in [-0.3, -0.25) is 0 Å². The third-order valence-corrected chi connectivity index (χ3v) is 11.8. The van der Waals surface area contributed by atoms with E-state index in [4.69, 9.17) is 18.9 Å². The number of hydrogen-bond acceptors (Lipinski definition) is 7. The summed E-state index contributed by atoms with van der Waals surface area (Å²) >= 11 is 0. The van der Waals surface area contributed by atoms with Crippen molar-refractivity contribution in [2.24, 2.45) is 28.6 Å². The fourth-order valence-corrected chi connectivity index (χ4v) is 11.3. The lowest BCUT2D eigenvalue weighted by molar-refractivity contribution is -0.956. The second kappa shape index (κ2) is 7.74. The average Bonchev–Trinajstić information content (AvgIpc) is 3.25. The summed E-state index contributed by atoms with van der Waals surface area (Å²) in [6.45, 7) is 4.36. The van der Waals surface area contributed by atoms with Crippen molar-refractivity contribution in [2.75, 3.05) is 48.1 Å². The van der Waals surface area contributed by atoms with E-state index in [0.29, 0.717) is 25.9 Å². The average molecular weight is 504 g/mol. The van der Waals surface area contributed by atoms with E-state index in [-0.39, 0.29) is 47.7 Å². The van der Waals surface area contributed by atoms with Gasteiger partial charge >= 0.3 is 0 Å². The van der Waals surface area contributed by atoms with Crippen molar-refractivity contribution in [2.45, 2.75) is 80.2 Å². The van der Waals surface area contributed by atoms with Gasteiger partial charge in [-0.2, -0.15) is 0 Å². The highest BCUT2D eigenvalue weighted by Crippen LogP contribution is 2.79. The molecule has 6 rings (SSSR count). The zero-order valence-corrected chi connectivity index (χ0v) is 21.8. The van der Waals surface area contributed by atoms with Gasteiger partial charge in [-0.1, -0.05) is 0 Å². The Kier molecular flexibility index (Phi) is 5.83. The first-order chi connectivity index (χ1) is 15.7. The van der Waals surface area contributed by atoms with Gasteiger partial charge in [-0.25, -0.2) is 0 Å². The van der Waals surface area contributed by atoms with E-state index in [1.54, 1.807) is 28.4 Å². The molecule has 7 bridgehead atoms. The summed E-state index contributed by atoms with van der Waals surface area (Å²) < 4.78 is 24.3. The highest BCUT2D eigenvalue weighted by Gasteiger charge is 2.96. The van der Waals surface area contributed by atoms with Crippen molar-refractivity contribution in [3.05, 3.63) is 0 Å². The minimum Gasteiger partial charge on any atom is -1.00 e. The number of methoxy groups -OCH3 is 4. The molecule has 6 fully saturated rings. The van der Waals surface area contributed by atoms with Crippen molar-refractivity contribution in [3.8, 4) is 0 Å². The van der Waals surface area contributed by atoms with Crippen LogP contribution in [-0.4, -0.2) is 105 Å². The van der Waals surface area contributed by atoms with Crippen LogP contribution in [-0.2, 0) is 18.9 Å². The molecule has 0 aromatic rings. The molecular weight excluding hydrogens is 462 g/mol. The number of quaternary nitrogens is 1. The van der Waals surface area contributed by atoms with Crippen LogP contribution in [0.15, 0.2) is 0 Å². The summed E-state index contributed by atoms with van der Waals surface area (Å²) in [6, 6.07) is -0.335. The van der Waals surface area contributed by atoms with Crippen LogP contribution in [0, 0.1) is 28.6 Å². The molecule has 34 heavy (non-hydrogen) atoms. The highest BCUT2D eigenvalue weighted by atomic mass is 35.5. The molecule has 1 spiro atoms. The van der Waals surface area contributed by atoms with E-state index < -0.39 is 34.4 Å². The Morgan fingerprint density at radius 1 is 1.06 bits per heavy atom. The fraction of sp³-hybridized carbons (Fsp3) is 1.00. The molecule has 6 aliphatic rings. The zero-order chi connectivity index (χ0) is 23.6. The lowest BCUT2D eigenvalue weighted by Crippen LogP contribution is -3.23. The van der Waals surface area contributed by atoms with Crippen LogP contribution >= 0.6 is 0 Å². The van der Waals surface area contributed by atoms with Crippen LogP contribution in [0.2, 0.25) is 0 Å². The number of rotatable bonds is 6. The predicted molar refractivity (Wildman–Crippen MR) is 118 cm³/mol. The van der Waals surface area contributed by atoms with Crippen LogP contribution in [0.3, 0.4) is 0 Å². The van der Waals surface area contributed by atoms with Gasteiger partial charge in [0.2, 0.25) is 0 Å². The summed E-state index contributed by atoms with van der Waals surface area (Å²) in [4.78, 5) is 1.24. The third-order valence-electron chi connectivity index (χ3n) is 11.8. The molecule has 0 aromatic heterocycles. The van der Waals surface area contributed by atoms with Crippen LogP contribution in [0.4, 0.5) is 0 Å². The van der Waals surface area contributed by atoms with Gasteiger partial charge in [0.15, 0.2) is 5.60 Å². The van der Waals surface area contributed by atoms with E-state index >= 15 is 0 Å². The van der Waals surface area contributed by atoms with E-state index in [1.165, 1.54) is 4.90 Å². The summed E-state index contributed by atoms with van der Waals surface area (Å²) in [5.41, 5.74) is -4.89. The van der Waals surface area contributed by atoms with Gasteiger partial charge in [-0.15, -0.1) is 0 Å². The van der Waals surface area contributed by atoms with Gasteiger partial charge < -0.3 is 51.6 Å². The number of likely N-dealkylation sites (N-methyl/N-ethyl adjacent to an activating group) is 1. The highest BCUT2D eigenvalue weighted by molar-refractivity contribution is 5.42. The lowest BCUT2D eigenvalue weighted by Gasteiger charge is -2.69. The first-order valence-corrected chi connectivity index (χ1v) is 12.8. The number of aliphatic hydroxyl groups excluding tert-OH is 1. The maximum atomic E-state index is 13.0. The molecule has 196 valence electrons. The molecule has 0 amide bonds. The number of nitrogens with one attached hydrogen (secondary N) is 1. The predicted octanol–water partition coefficient (Wildman–Crippen LogP) is -4.00. The van der Waals surface area contributed by atoms with Crippen LogP contribution in [0.1, 0.15) is 39.0 Å². The van der Waals surface area contributed by atoms with Crippen molar-refractivity contribution in [3.63, 3.8) is 0 Å². The zero-order valence-electron chi connectivity index (χ0n) is 21.1. The minimum absolute atomic E-state index is 0. The molecule has 1 aliphatic heterocycles. The molecular formula is C25H42ClNO7. The van der Waals surface area contributed by atoms with Crippen molar-refractivity contribution in [1.82, 2.24) is 0 Å². The van der Waals surface area contributed by atoms with Crippen molar-refractivity contribution in [1.29, 1.82) is 0 Å². The molecule has 0 aromatic carbocycles. The Morgan fingerprint density at radius 2 is 1.79 bits per heavy atom. The van der Waals surface area contributed by atoms with Crippen molar-refractivity contribution >= 4 is 0 Å². The minimum atomic E-state index is -1.57. The molecule has 9 heteroatoms. The molecule has 1 heterocycles. The van der Waals surface area contributed by atoms with E-state index in [1.807, 2.05) is 0 Å². The maximum Gasteiger partial charge on any atom is 0.175 e. The molecule has 0 radical (unpaired) electrons. The number of halogens is 1. The van der Waals surface area contributed by atoms with Gasteiger partial charge in [0.25, 0.3) is 0 Å². The van der Waals surface area contributed by atoms with Crippen molar-refractivity contribution < 1.29 is 51.6 Å². The number of hydrogen-bond donors (Lipinski definition) is 4. The van der Waals surface area contributed by atoms with Gasteiger partial charge in [-0.05, 0) is 38.5 Å². The number of fused-ring (bicyclic) bond motifs is 2. The fourth-order valence-electron chi connectivity index (χ4n) is 11.3. The Balaban J connectivity index is 0.00000241. The summed E-state index contributed by atoms with van der Waals surface area (Å²) in [6.07, 6.45) is 1.91. The molecule has 5 aliphatic carbocycles. The van der Waals surface area contributed by atoms with Crippen LogP contribution in [0.5, 0.6) is 0 Å². The summed E-state index contributed by atoms with van der Waals surface area (Å²) in [7, 11) is 6.78. The number of ether oxygens (including phenoxy) is 4. The Labute approximate surface area is 208 Å². The second-order valence-corrected chi connectivity index (χ2v) is 12.1. The van der Waals surface area contributed by atoms with Gasteiger partial charge in [0.05, 0.1) is 43.4 Å². The van der Waals surface area contributed by atoms with Gasteiger partial charge in [0, 0.05) is 52.1 Å². The molecule has 1 saturated heterocycles. The Hall–Kier alpha value is -0.0300. The molecule has 5 saturated carbocycles. The smallest absolute Gasteiger partial charge is 0.175 e. The largest absolute Gasteiger partial charge is 1.00 e. The second-order valence-electron chi connectivity index (χ2n) is 12.1. The first kappa shape index (κ1) is 25.6. The number of aliphatic hydroxyl groups is 3. The molecule has 7 unspecified atom stereocenters. The first-order valence-electron chi connectivity index (χ1n) is 12.8. The number of piperidine rings is 1. The summed E-state index contributed by atoms with van der Waals surface area (Å²) in [5, 5.41) is 37.8. The Bertz CT molecular complexity index is 835. The standard InChI is InChI=1S/C25H41NO7.ClH/c1-6-26-12-21(13-30-2)8-7-17(27)24-16-9-14-10-22(16,33-5)23(28,11-15(14)31-3)25(29,20(24)26)19(32-4)18(21)24;/h14-20,27-29H,6-13H2,1-5H3;1H/t14-,15-,16+,17?,18+,19-,20-,21?,22?,23?,24?,25?;/m0./s1. The van der Waals surface area contributed by atoms with E-state index in [9.17, 15) is 15.3 Å². The summed E-state index contributed by atoms with van der Waals surface area (Å²) in [5.74, 6) is 0.0275.